The topological polar surface area (TPSA) is 81.0 Å². The summed E-state index contributed by atoms with van der Waals surface area (Å²) in [6.07, 6.45) is 5.38. The van der Waals surface area contributed by atoms with Crippen LogP contribution >= 0.6 is 11.8 Å². The first-order valence-electron chi connectivity index (χ1n) is 8.55. The van der Waals surface area contributed by atoms with Gasteiger partial charge < -0.3 is 0 Å². The first-order chi connectivity index (χ1) is 13.2. The molecule has 1 fully saturated rings. The first kappa shape index (κ1) is 17.4. The van der Waals surface area contributed by atoms with E-state index in [4.69, 9.17) is 0 Å². The molecule has 1 aliphatic rings. The summed E-state index contributed by atoms with van der Waals surface area (Å²) in [7, 11) is 0. The second-order valence-electron chi connectivity index (χ2n) is 6.16. The highest BCUT2D eigenvalue weighted by Crippen LogP contribution is 2.27. The third-order valence-corrected chi connectivity index (χ3v) is 5.32. The first-order valence-corrected chi connectivity index (χ1v) is 9.53. The predicted octanol–water partition coefficient (Wildman–Crippen LogP) is 2.33. The van der Waals surface area contributed by atoms with E-state index in [1.54, 1.807) is 29.3 Å². The molecule has 0 spiro atoms. The van der Waals surface area contributed by atoms with Crippen LogP contribution in [0.4, 0.5) is 0 Å². The van der Waals surface area contributed by atoms with Gasteiger partial charge in [0.2, 0.25) is 11.8 Å². The number of hydrogen-bond acceptors (Lipinski definition) is 6. The number of carbonyl (C=O) groups is 2. The Balaban J connectivity index is 1.40. The summed E-state index contributed by atoms with van der Waals surface area (Å²) in [4.78, 5) is 34.9. The van der Waals surface area contributed by atoms with Crippen molar-refractivity contribution in [3.63, 3.8) is 0 Å². The lowest BCUT2D eigenvalue weighted by atomic mass is 10.1. The predicted molar refractivity (Wildman–Crippen MR) is 100.0 cm³/mol. The highest BCUT2D eigenvalue weighted by Gasteiger charge is 2.38. The number of thioether (sulfide) groups is 1. The number of hydrogen-bond donors (Lipinski definition) is 0. The molecule has 2 aromatic heterocycles. The zero-order valence-corrected chi connectivity index (χ0v) is 15.2. The van der Waals surface area contributed by atoms with Gasteiger partial charge in [0.15, 0.2) is 11.0 Å². The summed E-state index contributed by atoms with van der Waals surface area (Å²) < 4.78 is 1.65. The van der Waals surface area contributed by atoms with Crippen LogP contribution in [-0.4, -0.2) is 42.2 Å². The van der Waals surface area contributed by atoms with Crippen molar-refractivity contribution in [3.8, 4) is 5.82 Å². The summed E-state index contributed by atoms with van der Waals surface area (Å²) in [5.74, 6) is 0.541. The van der Waals surface area contributed by atoms with E-state index in [0.717, 1.165) is 5.56 Å². The van der Waals surface area contributed by atoms with E-state index in [2.05, 4.69) is 15.1 Å². The van der Waals surface area contributed by atoms with Crippen LogP contribution in [0.5, 0.6) is 0 Å². The molecule has 8 heteroatoms. The number of amides is 2. The lowest BCUT2D eigenvalue weighted by molar-refractivity contribution is -0.139. The fourth-order valence-electron chi connectivity index (χ4n) is 2.92. The van der Waals surface area contributed by atoms with Crippen molar-refractivity contribution in [1.29, 1.82) is 0 Å². The second-order valence-corrected chi connectivity index (χ2v) is 7.15. The number of rotatable bonds is 6. The standard InChI is InChI=1S/C19H17N5O2S/c25-17-11-15(18(26)23(17)12-14-5-2-1-3-6-14)13-27-19-20-9-7-16(22-19)24-10-4-8-21-24/h1-10,15H,11-13H2. The van der Waals surface area contributed by atoms with Crippen LogP contribution < -0.4 is 0 Å². The van der Waals surface area contributed by atoms with Gasteiger partial charge in [-0.25, -0.2) is 14.6 Å². The zero-order valence-electron chi connectivity index (χ0n) is 14.4. The number of carbonyl (C=O) groups excluding carboxylic acids is 2. The quantitative estimate of drug-likeness (QED) is 0.371. The fraction of sp³-hybridized carbons (Fsp3) is 0.211. The van der Waals surface area contributed by atoms with E-state index in [-0.39, 0.29) is 24.2 Å². The van der Waals surface area contributed by atoms with Gasteiger partial charge in [0, 0.05) is 36.8 Å². The minimum absolute atomic E-state index is 0.124. The van der Waals surface area contributed by atoms with Gasteiger partial charge in [-0.15, -0.1) is 0 Å². The fourth-order valence-corrected chi connectivity index (χ4v) is 3.83. The van der Waals surface area contributed by atoms with Crippen LogP contribution in [0, 0.1) is 5.92 Å². The maximum Gasteiger partial charge on any atom is 0.233 e. The van der Waals surface area contributed by atoms with E-state index < -0.39 is 0 Å². The maximum absolute atomic E-state index is 12.6. The molecule has 7 nitrogen and oxygen atoms in total. The molecule has 1 unspecified atom stereocenters. The molecule has 2 amide bonds. The zero-order chi connectivity index (χ0) is 18.6. The Bertz CT molecular complexity index is 946. The molecule has 136 valence electrons. The van der Waals surface area contributed by atoms with Crippen LogP contribution in [0.1, 0.15) is 12.0 Å². The minimum Gasteiger partial charge on any atom is -0.278 e. The molecule has 1 atom stereocenters. The molecule has 0 aliphatic carbocycles. The SMILES string of the molecule is O=C1CC(CSc2nccc(-n3cccn3)n2)C(=O)N1Cc1ccccc1. The van der Waals surface area contributed by atoms with E-state index in [1.807, 2.05) is 36.4 Å². The average Bonchev–Trinajstić information content (AvgIpc) is 3.32. The molecule has 27 heavy (non-hydrogen) atoms. The third kappa shape index (κ3) is 3.90. The monoisotopic (exact) mass is 379 g/mol. The minimum atomic E-state index is -0.344. The highest BCUT2D eigenvalue weighted by atomic mass is 32.2. The van der Waals surface area contributed by atoms with Crippen LogP contribution in [-0.2, 0) is 16.1 Å². The van der Waals surface area contributed by atoms with Gasteiger partial charge in [-0.3, -0.25) is 14.5 Å². The molecule has 1 aromatic carbocycles. The summed E-state index contributed by atoms with van der Waals surface area (Å²) in [6.45, 7) is 0.324. The van der Waals surface area contributed by atoms with Crippen molar-refractivity contribution >= 4 is 23.6 Å². The summed E-state index contributed by atoms with van der Waals surface area (Å²) >= 11 is 1.38. The molecule has 0 bridgehead atoms. The lowest BCUT2D eigenvalue weighted by Gasteiger charge is -2.14. The number of benzene rings is 1. The van der Waals surface area contributed by atoms with Gasteiger partial charge in [-0.2, -0.15) is 5.10 Å². The number of nitrogens with zero attached hydrogens (tertiary/aromatic N) is 5. The third-order valence-electron chi connectivity index (χ3n) is 4.29. The number of imide groups is 1. The molecule has 0 N–H and O–H groups in total. The van der Waals surface area contributed by atoms with Crippen LogP contribution in [0.25, 0.3) is 5.82 Å². The smallest absolute Gasteiger partial charge is 0.233 e. The van der Waals surface area contributed by atoms with E-state index in [0.29, 0.717) is 23.3 Å². The molecular weight excluding hydrogens is 362 g/mol. The average molecular weight is 379 g/mol. The number of likely N-dealkylation sites (tertiary alicyclic amines) is 1. The van der Waals surface area contributed by atoms with Crippen molar-refractivity contribution < 1.29 is 9.59 Å². The molecule has 0 radical (unpaired) electrons. The summed E-state index contributed by atoms with van der Waals surface area (Å²) in [5.41, 5.74) is 0.947. The molecule has 1 aliphatic heterocycles. The summed E-state index contributed by atoms with van der Waals surface area (Å²) in [6, 6.07) is 13.1. The Morgan fingerprint density at radius 1 is 1.07 bits per heavy atom. The molecule has 4 rings (SSSR count). The Morgan fingerprint density at radius 2 is 1.93 bits per heavy atom. The van der Waals surface area contributed by atoms with Crippen LogP contribution in [0.15, 0.2) is 66.2 Å². The number of aromatic nitrogens is 4. The van der Waals surface area contributed by atoms with Gasteiger partial charge in [-0.05, 0) is 11.6 Å². The molecule has 3 heterocycles. The van der Waals surface area contributed by atoms with Crippen LogP contribution in [0.2, 0.25) is 0 Å². The van der Waals surface area contributed by atoms with E-state index in [1.165, 1.54) is 16.7 Å². The molecule has 1 saturated heterocycles. The van der Waals surface area contributed by atoms with Crippen molar-refractivity contribution in [2.75, 3.05) is 5.75 Å². The van der Waals surface area contributed by atoms with Crippen LogP contribution in [0.3, 0.4) is 0 Å². The highest BCUT2D eigenvalue weighted by molar-refractivity contribution is 7.99. The largest absolute Gasteiger partial charge is 0.278 e. The lowest BCUT2D eigenvalue weighted by Crippen LogP contribution is -2.30. The molecule has 0 saturated carbocycles. The Morgan fingerprint density at radius 3 is 2.70 bits per heavy atom. The van der Waals surface area contributed by atoms with Crippen molar-refractivity contribution in [1.82, 2.24) is 24.6 Å². The van der Waals surface area contributed by atoms with Gasteiger partial charge in [0.1, 0.15) is 0 Å². The van der Waals surface area contributed by atoms with Gasteiger partial charge in [-0.1, -0.05) is 42.1 Å². The normalized spacial score (nSPS) is 16.9. The Hall–Kier alpha value is -3.00. The van der Waals surface area contributed by atoms with Gasteiger partial charge in [0.25, 0.3) is 0 Å². The molecular formula is C19H17N5O2S. The van der Waals surface area contributed by atoms with E-state index in [9.17, 15) is 9.59 Å². The molecule has 3 aromatic rings. The van der Waals surface area contributed by atoms with Crippen molar-refractivity contribution in [3.05, 3.63) is 66.6 Å². The van der Waals surface area contributed by atoms with Gasteiger partial charge >= 0.3 is 0 Å². The summed E-state index contributed by atoms with van der Waals surface area (Å²) in [5, 5.41) is 4.71. The second kappa shape index (κ2) is 7.71. The van der Waals surface area contributed by atoms with E-state index >= 15 is 0 Å². The maximum atomic E-state index is 12.6. The Labute approximate surface area is 160 Å². The Kier molecular flexibility index (Phi) is 4.97. The van der Waals surface area contributed by atoms with Crippen molar-refractivity contribution in [2.24, 2.45) is 5.92 Å². The van der Waals surface area contributed by atoms with Crippen molar-refractivity contribution in [2.45, 2.75) is 18.1 Å². The van der Waals surface area contributed by atoms with Gasteiger partial charge in [0.05, 0.1) is 12.5 Å².